The maximum absolute atomic E-state index is 12.0. The lowest BCUT2D eigenvalue weighted by molar-refractivity contribution is 0.0981. The van der Waals surface area contributed by atoms with Crippen molar-refractivity contribution in [3.8, 4) is 5.75 Å². The van der Waals surface area contributed by atoms with Gasteiger partial charge < -0.3 is 9.26 Å². The van der Waals surface area contributed by atoms with E-state index in [9.17, 15) is 13.2 Å². The number of hydrogen-bond acceptors (Lipinski definition) is 6. The molecule has 0 spiro atoms. The van der Waals surface area contributed by atoms with Crippen LogP contribution < -0.4 is 9.46 Å². The number of carbonyl (C=O) groups excluding carboxylic acids is 1. The molecule has 0 fully saturated rings. The lowest BCUT2D eigenvalue weighted by Gasteiger charge is -2.06. The van der Waals surface area contributed by atoms with Crippen LogP contribution in [0.3, 0.4) is 0 Å². The number of nitrogens with one attached hydrogen (secondary N) is 1. The van der Waals surface area contributed by atoms with Gasteiger partial charge in [-0.05, 0) is 23.8 Å². The highest BCUT2D eigenvalue weighted by Crippen LogP contribution is 2.25. The van der Waals surface area contributed by atoms with Crippen LogP contribution in [0.5, 0.6) is 5.75 Å². The lowest BCUT2D eigenvalue weighted by atomic mass is 10.1. The molecule has 1 aromatic carbocycles. The van der Waals surface area contributed by atoms with Crippen LogP contribution in [0.1, 0.15) is 21.6 Å². The monoisotopic (exact) mass is 308 g/mol. The quantitative estimate of drug-likeness (QED) is 0.900. The molecular formula is C13H12N2O5S. The maximum atomic E-state index is 12.0. The molecule has 1 aromatic heterocycles. The van der Waals surface area contributed by atoms with Gasteiger partial charge in [0, 0.05) is 18.1 Å². The summed E-state index contributed by atoms with van der Waals surface area (Å²) < 4.78 is 35.7. The second-order valence-corrected chi connectivity index (χ2v) is 6.32. The number of amides is 1. The number of ether oxygens (including phenoxy) is 1. The highest BCUT2D eigenvalue weighted by molar-refractivity contribution is 7.89. The molecule has 110 valence electrons. The van der Waals surface area contributed by atoms with Crippen molar-refractivity contribution in [3.63, 3.8) is 0 Å². The molecule has 8 heteroatoms. The molecule has 0 atom stereocenters. The minimum atomic E-state index is -3.82. The van der Waals surface area contributed by atoms with Gasteiger partial charge in [-0.25, -0.2) is 13.1 Å². The highest BCUT2D eigenvalue weighted by Gasteiger charge is 2.20. The van der Waals surface area contributed by atoms with Gasteiger partial charge in [-0.2, -0.15) is 0 Å². The van der Waals surface area contributed by atoms with Gasteiger partial charge in [0.15, 0.2) is 0 Å². The minimum absolute atomic E-state index is 0.234. The summed E-state index contributed by atoms with van der Waals surface area (Å²) in [5, 5.41) is 3.51. The fourth-order valence-electron chi connectivity index (χ4n) is 2.07. The summed E-state index contributed by atoms with van der Waals surface area (Å²) in [6, 6.07) is 6.27. The standard InChI is InChI=1S/C13H12N2O5S/c16-13(10-1-2-12-9(7-10)3-5-19-12)15-21(17,18)8-11-4-6-20-14-11/h1-2,4,6-7H,3,5,8H2,(H,15,16). The first-order valence-corrected chi connectivity index (χ1v) is 7.88. The fraction of sp³-hybridized carbons (Fsp3) is 0.231. The van der Waals surface area contributed by atoms with E-state index < -0.39 is 21.7 Å². The van der Waals surface area contributed by atoms with Crippen molar-refractivity contribution < 1.29 is 22.5 Å². The second kappa shape index (κ2) is 5.21. The SMILES string of the molecule is O=C(NS(=O)(=O)Cc1ccon1)c1ccc2c(c1)CCO2. The summed E-state index contributed by atoms with van der Waals surface area (Å²) >= 11 is 0. The van der Waals surface area contributed by atoms with Gasteiger partial charge in [0.1, 0.15) is 23.5 Å². The predicted molar refractivity (Wildman–Crippen MR) is 72.2 cm³/mol. The van der Waals surface area contributed by atoms with Crippen LogP contribution in [0.2, 0.25) is 0 Å². The summed E-state index contributed by atoms with van der Waals surface area (Å²) in [6.45, 7) is 0.574. The van der Waals surface area contributed by atoms with E-state index in [1.54, 1.807) is 12.1 Å². The van der Waals surface area contributed by atoms with E-state index in [-0.39, 0.29) is 11.3 Å². The third-order valence-corrected chi connectivity index (χ3v) is 4.20. The van der Waals surface area contributed by atoms with Crippen LogP contribution in [0.15, 0.2) is 35.1 Å². The molecule has 1 amide bonds. The Balaban J connectivity index is 1.74. The van der Waals surface area contributed by atoms with E-state index in [1.807, 2.05) is 4.72 Å². The van der Waals surface area contributed by atoms with Gasteiger partial charge in [-0.3, -0.25) is 4.79 Å². The third-order valence-electron chi connectivity index (χ3n) is 3.03. The Bertz CT molecular complexity index is 768. The van der Waals surface area contributed by atoms with Gasteiger partial charge >= 0.3 is 0 Å². The van der Waals surface area contributed by atoms with Crippen LogP contribution in [0.4, 0.5) is 0 Å². The Labute approximate surface area is 120 Å². The molecule has 1 N–H and O–H groups in total. The molecule has 0 radical (unpaired) electrons. The van der Waals surface area contributed by atoms with Crippen molar-refractivity contribution in [2.45, 2.75) is 12.2 Å². The largest absolute Gasteiger partial charge is 0.493 e. The first-order valence-electron chi connectivity index (χ1n) is 6.23. The van der Waals surface area contributed by atoms with Crippen molar-refractivity contribution in [3.05, 3.63) is 47.3 Å². The summed E-state index contributed by atoms with van der Waals surface area (Å²) in [7, 11) is -3.82. The van der Waals surface area contributed by atoms with Gasteiger partial charge in [-0.15, -0.1) is 0 Å². The van der Waals surface area contributed by atoms with Crippen molar-refractivity contribution in [1.82, 2.24) is 9.88 Å². The van der Waals surface area contributed by atoms with Crippen molar-refractivity contribution in [1.29, 1.82) is 0 Å². The summed E-state index contributed by atoms with van der Waals surface area (Å²) in [4.78, 5) is 12.0. The minimum Gasteiger partial charge on any atom is -0.493 e. The van der Waals surface area contributed by atoms with Gasteiger partial charge in [0.2, 0.25) is 10.0 Å². The van der Waals surface area contributed by atoms with Crippen LogP contribution in [0.25, 0.3) is 0 Å². The van der Waals surface area contributed by atoms with E-state index in [1.165, 1.54) is 18.4 Å². The zero-order valence-electron chi connectivity index (χ0n) is 10.9. The number of carbonyl (C=O) groups is 1. The average molecular weight is 308 g/mol. The number of hydrogen-bond donors (Lipinski definition) is 1. The molecule has 21 heavy (non-hydrogen) atoms. The van der Waals surface area contributed by atoms with Crippen LogP contribution in [-0.2, 0) is 22.2 Å². The van der Waals surface area contributed by atoms with Crippen molar-refractivity contribution in [2.24, 2.45) is 0 Å². The van der Waals surface area contributed by atoms with Crippen LogP contribution in [-0.4, -0.2) is 26.1 Å². The van der Waals surface area contributed by atoms with Gasteiger partial charge in [0.05, 0.1) is 6.61 Å². The van der Waals surface area contributed by atoms with Gasteiger partial charge in [0.25, 0.3) is 5.91 Å². The molecule has 3 rings (SSSR count). The molecule has 0 aliphatic carbocycles. The Hall–Kier alpha value is -2.35. The van der Waals surface area contributed by atoms with Crippen molar-refractivity contribution in [2.75, 3.05) is 6.61 Å². The van der Waals surface area contributed by atoms with Crippen LogP contribution >= 0.6 is 0 Å². The Morgan fingerprint density at radius 2 is 2.19 bits per heavy atom. The molecule has 0 unspecified atom stereocenters. The average Bonchev–Trinajstić information content (AvgIpc) is 3.07. The van der Waals surface area contributed by atoms with Gasteiger partial charge in [-0.1, -0.05) is 5.16 Å². The molecule has 7 nitrogen and oxygen atoms in total. The van der Waals surface area contributed by atoms with E-state index >= 15 is 0 Å². The summed E-state index contributed by atoms with van der Waals surface area (Å²) in [6.07, 6.45) is 1.98. The number of aromatic nitrogens is 1. The molecule has 0 saturated carbocycles. The molecule has 2 heterocycles. The van der Waals surface area contributed by atoms with Crippen molar-refractivity contribution >= 4 is 15.9 Å². The topological polar surface area (TPSA) is 98.5 Å². The smallest absolute Gasteiger partial charge is 0.264 e. The first-order chi connectivity index (χ1) is 10.0. The Kier molecular flexibility index (Phi) is 3.38. The van der Waals surface area contributed by atoms with E-state index in [0.29, 0.717) is 13.0 Å². The molecule has 0 bridgehead atoms. The third kappa shape index (κ3) is 3.05. The van der Waals surface area contributed by atoms with E-state index in [0.717, 1.165) is 11.3 Å². The number of rotatable bonds is 4. The molecule has 1 aliphatic heterocycles. The zero-order chi connectivity index (χ0) is 14.9. The lowest BCUT2D eigenvalue weighted by Crippen LogP contribution is -2.31. The van der Waals surface area contributed by atoms with E-state index in [2.05, 4.69) is 9.68 Å². The Morgan fingerprint density at radius 1 is 1.33 bits per heavy atom. The Morgan fingerprint density at radius 3 is 2.95 bits per heavy atom. The highest BCUT2D eigenvalue weighted by atomic mass is 32.2. The zero-order valence-corrected chi connectivity index (χ0v) is 11.7. The normalized spacial score (nSPS) is 13.5. The number of nitrogens with zero attached hydrogens (tertiary/aromatic N) is 1. The molecule has 0 saturated heterocycles. The number of sulfonamides is 1. The fourth-order valence-corrected chi connectivity index (χ4v) is 3.08. The predicted octanol–water partition coefficient (Wildman–Crippen LogP) is 0.869. The number of benzene rings is 1. The molecular weight excluding hydrogens is 296 g/mol. The number of fused-ring (bicyclic) bond motifs is 1. The summed E-state index contributed by atoms with van der Waals surface area (Å²) in [5.41, 5.74) is 1.41. The summed E-state index contributed by atoms with van der Waals surface area (Å²) in [5.74, 6) is -0.353. The van der Waals surface area contributed by atoms with Crippen LogP contribution in [0, 0.1) is 0 Å². The molecule has 1 aliphatic rings. The first kappa shape index (κ1) is 13.6. The maximum Gasteiger partial charge on any atom is 0.264 e. The molecule has 2 aromatic rings. The van der Waals surface area contributed by atoms with E-state index in [4.69, 9.17) is 4.74 Å². The second-order valence-electron chi connectivity index (χ2n) is 4.60.